The fraction of sp³-hybridized carbons (Fsp3) is 0.400. The van der Waals surface area contributed by atoms with Crippen LogP contribution in [0.4, 0.5) is 9.18 Å². The third-order valence-corrected chi connectivity index (χ3v) is 5.78. The van der Waals surface area contributed by atoms with Crippen molar-refractivity contribution in [3.8, 4) is 22.5 Å². The highest BCUT2D eigenvalue weighted by Gasteiger charge is 2.37. The summed E-state index contributed by atoms with van der Waals surface area (Å²) >= 11 is 0. The Balaban J connectivity index is 1.57. The van der Waals surface area contributed by atoms with E-state index in [0.29, 0.717) is 13.1 Å². The Hall–Kier alpha value is -3.26. The van der Waals surface area contributed by atoms with Crippen molar-refractivity contribution >= 4 is 6.16 Å². The van der Waals surface area contributed by atoms with Crippen molar-refractivity contribution in [2.75, 3.05) is 13.1 Å². The number of ether oxygens (including phenoxy) is 1. The number of nitrogens with zero attached hydrogens (tertiary/aromatic N) is 3. The Morgan fingerprint density at radius 3 is 2.30 bits per heavy atom. The first-order chi connectivity index (χ1) is 15.6. The second kappa shape index (κ2) is 8.94. The van der Waals surface area contributed by atoms with E-state index in [4.69, 9.17) is 14.6 Å². The van der Waals surface area contributed by atoms with Crippen molar-refractivity contribution in [1.29, 1.82) is 0 Å². The van der Waals surface area contributed by atoms with E-state index in [0.717, 1.165) is 41.2 Å². The minimum atomic E-state index is -0.692. The summed E-state index contributed by atoms with van der Waals surface area (Å²) in [7, 11) is 0. The number of benzene rings is 1. The van der Waals surface area contributed by atoms with Gasteiger partial charge in [-0.3, -0.25) is 4.98 Å². The molecular weight excluding hydrogens is 423 g/mol. The smallest absolute Gasteiger partial charge is 0.427 e. The molecule has 0 amide bonds. The second-order valence-electron chi connectivity index (χ2n) is 9.60. The van der Waals surface area contributed by atoms with E-state index in [2.05, 4.69) is 16.9 Å². The first kappa shape index (κ1) is 22.9. The molecule has 1 aliphatic rings. The number of pyridine rings is 1. The lowest BCUT2D eigenvalue weighted by atomic mass is 9.80. The molecule has 0 spiro atoms. The monoisotopic (exact) mass is 452 g/mol. The number of hydrogen-bond donors (Lipinski definition) is 1. The number of aromatic nitrogens is 3. The molecule has 0 unspecified atom stereocenters. The number of nitrogens with one attached hydrogen (secondary N) is 1. The van der Waals surface area contributed by atoms with Crippen molar-refractivity contribution < 1.29 is 18.8 Å². The zero-order valence-electron chi connectivity index (χ0n) is 19.4. The van der Waals surface area contributed by atoms with E-state index in [1.807, 2.05) is 12.1 Å². The molecule has 1 saturated heterocycles. The third kappa shape index (κ3) is 5.39. The lowest BCUT2D eigenvalue weighted by molar-refractivity contribution is -0.157. The van der Waals surface area contributed by atoms with Gasteiger partial charge in [-0.1, -0.05) is 6.92 Å². The first-order valence-electron chi connectivity index (χ1n) is 11.1. The van der Waals surface area contributed by atoms with Crippen LogP contribution in [0.15, 0.2) is 48.8 Å². The van der Waals surface area contributed by atoms with Gasteiger partial charge in [-0.2, -0.15) is 0 Å². The molecule has 0 radical (unpaired) electrons. The van der Waals surface area contributed by atoms with Crippen LogP contribution in [0.2, 0.25) is 0 Å². The summed E-state index contributed by atoms with van der Waals surface area (Å²) in [6, 6.07) is 10.2. The van der Waals surface area contributed by atoms with Crippen molar-refractivity contribution in [2.24, 2.45) is 0 Å². The maximum absolute atomic E-state index is 13.5. The summed E-state index contributed by atoms with van der Waals surface area (Å²) < 4.78 is 18.8. The fourth-order valence-corrected chi connectivity index (χ4v) is 3.89. The maximum atomic E-state index is 13.5. The average molecular weight is 453 g/mol. The Kier molecular flexibility index (Phi) is 6.21. The predicted octanol–water partition coefficient (Wildman–Crippen LogP) is 5.50. The van der Waals surface area contributed by atoms with Crippen LogP contribution in [0.1, 0.15) is 46.4 Å². The molecule has 4 rings (SSSR count). The SMILES string of the molecule is CC(C)(C)OC(=O)ON1CCC(C)(c2nc(-c3ccncc3)c(-c3ccc(F)cc3)[nH]2)CC1. The molecule has 33 heavy (non-hydrogen) atoms. The highest BCUT2D eigenvalue weighted by Crippen LogP contribution is 2.38. The molecule has 1 fully saturated rings. The first-order valence-corrected chi connectivity index (χ1v) is 11.1. The number of H-pyrrole nitrogens is 1. The van der Waals surface area contributed by atoms with Gasteiger partial charge in [-0.25, -0.2) is 14.2 Å². The van der Waals surface area contributed by atoms with Gasteiger partial charge in [-0.05, 0) is 70.0 Å². The zero-order valence-corrected chi connectivity index (χ0v) is 19.4. The number of hydroxylamine groups is 2. The minimum Gasteiger partial charge on any atom is -0.427 e. The molecular formula is C25H29FN4O3. The van der Waals surface area contributed by atoms with E-state index in [1.165, 1.54) is 12.1 Å². The number of rotatable bonds is 4. The molecule has 0 saturated carbocycles. The van der Waals surface area contributed by atoms with Crippen LogP contribution in [0.5, 0.6) is 0 Å². The summed E-state index contributed by atoms with van der Waals surface area (Å²) in [5, 5.41) is 1.64. The summed E-state index contributed by atoms with van der Waals surface area (Å²) in [6.45, 7) is 8.69. The standard InChI is InChI=1S/C25H29FN4O3/c1-24(2,3)32-23(31)33-30-15-11-25(4,12-16-30)22-28-20(17-5-7-19(26)8-6-17)21(29-22)18-9-13-27-14-10-18/h5-10,13-14H,11-12,15-16H2,1-4H3,(H,28,29). The molecule has 8 heteroatoms. The van der Waals surface area contributed by atoms with Crippen LogP contribution in [0, 0.1) is 5.82 Å². The van der Waals surface area contributed by atoms with Crippen molar-refractivity contribution in [3.63, 3.8) is 0 Å². The third-order valence-electron chi connectivity index (χ3n) is 5.78. The van der Waals surface area contributed by atoms with E-state index in [-0.39, 0.29) is 11.2 Å². The number of carbonyl (C=O) groups excluding carboxylic acids is 1. The van der Waals surface area contributed by atoms with Gasteiger partial charge >= 0.3 is 6.16 Å². The summed E-state index contributed by atoms with van der Waals surface area (Å²) in [6.07, 6.45) is 4.24. The average Bonchev–Trinajstić information content (AvgIpc) is 3.22. The summed E-state index contributed by atoms with van der Waals surface area (Å²) in [5.74, 6) is 0.568. The second-order valence-corrected chi connectivity index (χ2v) is 9.60. The Labute approximate surface area is 192 Å². The fourth-order valence-electron chi connectivity index (χ4n) is 3.89. The van der Waals surface area contributed by atoms with Gasteiger partial charge in [0.05, 0.1) is 11.4 Å². The molecule has 1 aliphatic heterocycles. The molecule has 3 aromatic rings. The molecule has 7 nitrogen and oxygen atoms in total. The molecule has 2 aromatic heterocycles. The van der Waals surface area contributed by atoms with Crippen LogP contribution >= 0.6 is 0 Å². The highest BCUT2D eigenvalue weighted by molar-refractivity contribution is 5.78. The van der Waals surface area contributed by atoms with Crippen LogP contribution < -0.4 is 0 Å². The molecule has 0 bridgehead atoms. The zero-order chi connectivity index (χ0) is 23.6. The molecule has 174 valence electrons. The summed E-state index contributed by atoms with van der Waals surface area (Å²) in [4.78, 5) is 30.0. The number of halogens is 1. The largest absolute Gasteiger partial charge is 0.528 e. The number of piperidine rings is 1. The van der Waals surface area contributed by atoms with Crippen molar-refractivity contribution in [1.82, 2.24) is 20.0 Å². The van der Waals surface area contributed by atoms with E-state index in [9.17, 15) is 9.18 Å². The van der Waals surface area contributed by atoms with Gasteiger partial charge in [0, 0.05) is 42.0 Å². The molecule has 0 aliphatic carbocycles. The van der Waals surface area contributed by atoms with E-state index < -0.39 is 11.8 Å². The lowest BCUT2D eigenvalue weighted by Gasteiger charge is -2.36. The number of hydrogen-bond acceptors (Lipinski definition) is 6. The van der Waals surface area contributed by atoms with Crippen LogP contribution in [-0.2, 0) is 15.0 Å². The van der Waals surface area contributed by atoms with Crippen LogP contribution in [0.25, 0.3) is 22.5 Å². The maximum Gasteiger partial charge on any atom is 0.528 e. The van der Waals surface area contributed by atoms with Crippen molar-refractivity contribution in [3.05, 3.63) is 60.4 Å². The van der Waals surface area contributed by atoms with Gasteiger partial charge in [0.1, 0.15) is 17.2 Å². The topological polar surface area (TPSA) is 80.3 Å². The van der Waals surface area contributed by atoms with Crippen LogP contribution in [-0.4, -0.2) is 44.9 Å². The van der Waals surface area contributed by atoms with Crippen molar-refractivity contribution in [2.45, 2.75) is 51.6 Å². The molecule has 0 atom stereocenters. The van der Waals surface area contributed by atoms with Crippen LogP contribution in [0.3, 0.4) is 0 Å². The van der Waals surface area contributed by atoms with Gasteiger partial charge in [-0.15, -0.1) is 5.06 Å². The summed E-state index contributed by atoms with van der Waals surface area (Å²) in [5.41, 5.74) is 2.58. The number of carbonyl (C=O) groups is 1. The van der Waals surface area contributed by atoms with Gasteiger partial charge in [0.2, 0.25) is 0 Å². The van der Waals surface area contributed by atoms with Gasteiger partial charge in [0.15, 0.2) is 0 Å². The van der Waals surface area contributed by atoms with E-state index >= 15 is 0 Å². The van der Waals surface area contributed by atoms with Gasteiger partial charge < -0.3 is 14.6 Å². The molecule has 1 aromatic carbocycles. The quantitative estimate of drug-likeness (QED) is 0.527. The Morgan fingerprint density at radius 2 is 1.70 bits per heavy atom. The number of aromatic amines is 1. The highest BCUT2D eigenvalue weighted by atomic mass is 19.1. The number of imidazole rings is 1. The Bertz CT molecular complexity index is 1100. The van der Waals surface area contributed by atoms with Gasteiger partial charge in [0.25, 0.3) is 0 Å². The predicted molar refractivity (Wildman–Crippen MR) is 123 cm³/mol. The molecule has 1 N–H and O–H groups in total. The van der Waals surface area contributed by atoms with E-state index in [1.54, 1.807) is 50.4 Å². The molecule has 3 heterocycles. The normalized spacial score (nSPS) is 16.4. The lowest BCUT2D eigenvalue weighted by Crippen LogP contribution is -2.43. The Morgan fingerprint density at radius 1 is 1.06 bits per heavy atom. The minimum absolute atomic E-state index is 0.242.